The molecule has 156 valence electrons. The molecule has 1 heteroatoms. The first-order valence-corrected chi connectivity index (χ1v) is 10.7. The van der Waals surface area contributed by atoms with Crippen molar-refractivity contribution >= 4 is 6.08 Å². The minimum Gasteiger partial charge on any atom is -0.392 e. The molecule has 0 bridgehead atoms. The smallest absolute Gasteiger partial charge is 0.0615 e. The quantitative estimate of drug-likeness (QED) is 0.479. The van der Waals surface area contributed by atoms with Crippen molar-refractivity contribution in [2.24, 2.45) is 0 Å². The highest BCUT2D eigenvalue weighted by molar-refractivity contribution is 5.77. The van der Waals surface area contributed by atoms with Gasteiger partial charge in [0.2, 0.25) is 0 Å². The average molecular weight is 399 g/mol. The third-order valence-electron chi connectivity index (χ3n) is 5.54. The van der Waals surface area contributed by atoms with Gasteiger partial charge < -0.3 is 5.11 Å². The number of aliphatic hydroxyl groups excluding tert-OH is 1. The molecular weight excluding hydrogens is 364 g/mol. The highest BCUT2D eigenvalue weighted by atomic mass is 16.2. The van der Waals surface area contributed by atoms with Gasteiger partial charge >= 0.3 is 0 Å². The Bertz CT molecular complexity index is 932. The molecular formula is C29H34O. The molecule has 3 aromatic rings. The molecule has 1 N–H and O–H groups in total. The fourth-order valence-electron chi connectivity index (χ4n) is 3.60. The summed E-state index contributed by atoms with van der Waals surface area (Å²) in [6, 6.07) is 24.4. The van der Waals surface area contributed by atoms with Crippen LogP contribution in [0.5, 0.6) is 0 Å². The second kappa shape index (κ2) is 8.62. The van der Waals surface area contributed by atoms with Crippen LogP contribution < -0.4 is 0 Å². The predicted octanol–water partition coefficient (Wildman–Crippen LogP) is 7.62. The Balaban J connectivity index is 2.05. The zero-order valence-electron chi connectivity index (χ0n) is 19.2. The molecule has 0 amide bonds. The van der Waals surface area contributed by atoms with E-state index in [4.69, 9.17) is 0 Å². The molecule has 0 saturated heterocycles. The van der Waals surface area contributed by atoms with Crippen LogP contribution in [-0.4, -0.2) is 11.7 Å². The van der Waals surface area contributed by atoms with Gasteiger partial charge in [-0.2, -0.15) is 0 Å². The molecule has 0 atom stereocenters. The van der Waals surface area contributed by atoms with Crippen LogP contribution in [0.2, 0.25) is 0 Å². The standard InChI is InChI=1S/C29H34O/c1-28(2,3)26-13-9-22(10-14-26)24-18-21(8-7-17-30)19-25(20-24)23-11-15-27(16-12-23)29(4,5)6/h7-16,18-20,30H,17H2,1-6H3/b8-7+. The predicted molar refractivity (Wildman–Crippen MR) is 131 cm³/mol. The summed E-state index contributed by atoms with van der Waals surface area (Å²) in [6.45, 7) is 13.5. The van der Waals surface area contributed by atoms with Crippen molar-refractivity contribution in [1.29, 1.82) is 0 Å². The number of hydrogen-bond acceptors (Lipinski definition) is 1. The van der Waals surface area contributed by atoms with E-state index in [2.05, 4.69) is 108 Å². The van der Waals surface area contributed by atoms with Gasteiger partial charge in [-0.25, -0.2) is 0 Å². The number of rotatable bonds is 4. The Kier molecular flexibility index (Phi) is 6.33. The third kappa shape index (κ3) is 5.29. The summed E-state index contributed by atoms with van der Waals surface area (Å²) < 4.78 is 0. The van der Waals surface area contributed by atoms with Crippen LogP contribution in [0.4, 0.5) is 0 Å². The maximum absolute atomic E-state index is 9.23. The number of aliphatic hydroxyl groups is 1. The molecule has 0 spiro atoms. The van der Waals surface area contributed by atoms with E-state index in [1.54, 1.807) is 6.08 Å². The van der Waals surface area contributed by atoms with E-state index in [0.29, 0.717) is 0 Å². The molecule has 0 saturated carbocycles. The van der Waals surface area contributed by atoms with Gasteiger partial charge in [0.05, 0.1) is 6.61 Å². The normalized spacial score (nSPS) is 12.5. The van der Waals surface area contributed by atoms with Crippen molar-refractivity contribution in [1.82, 2.24) is 0 Å². The summed E-state index contributed by atoms with van der Waals surface area (Å²) in [4.78, 5) is 0. The zero-order valence-corrected chi connectivity index (χ0v) is 19.2. The molecule has 3 rings (SSSR count). The maximum Gasteiger partial charge on any atom is 0.0615 e. The lowest BCUT2D eigenvalue weighted by atomic mass is 9.85. The monoisotopic (exact) mass is 398 g/mol. The van der Waals surface area contributed by atoms with Gasteiger partial charge in [0.15, 0.2) is 0 Å². The highest BCUT2D eigenvalue weighted by Crippen LogP contribution is 2.32. The van der Waals surface area contributed by atoms with Crippen molar-refractivity contribution in [2.75, 3.05) is 6.61 Å². The Morgan fingerprint density at radius 3 is 1.33 bits per heavy atom. The summed E-state index contributed by atoms with van der Waals surface area (Å²) >= 11 is 0. The highest BCUT2D eigenvalue weighted by Gasteiger charge is 2.15. The Labute approximate surface area is 182 Å². The van der Waals surface area contributed by atoms with Gasteiger partial charge in [-0.05, 0) is 68.0 Å². The fraction of sp³-hybridized carbons (Fsp3) is 0.310. The van der Waals surface area contributed by atoms with Crippen molar-refractivity contribution in [3.8, 4) is 22.3 Å². The van der Waals surface area contributed by atoms with Gasteiger partial charge in [0.25, 0.3) is 0 Å². The topological polar surface area (TPSA) is 20.2 Å². The molecule has 0 heterocycles. The second-order valence-corrected chi connectivity index (χ2v) is 10.1. The molecule has 0 aliphatic rings. The lowest BCUT2D eigenvalue weighted by Crippen LogP contribution is -2.10. The van der Waals surface area contributed by atoms with Crippen molar-refractivity contribution in [3.05, 3.63) is 89.5 Å². The molecule has 1 nitrogen and oxygen atoms in total. The van der Waals surface area contributed by atoms with E-state index >= 15 is 0 Å². The van der Waals surface area contributed by atoms with Crippen LogP contribution in [0.3, 0.4) is 0 Å². The van der Waals surface area contributed by atoms with Crippen LogP contribution in [-0.2, 0) is 10.8 Å². The minimum atomic E-state index is 0.0418. The van der Waals surface area contributed by atoms with Gasteiger partial charge in [0, 0.05) is 0 Å². The molecule has 0 fully saturated rings. The fourth-order valence-corrected chi connectivity index (χ4v) is 3.60. The van der Waals surface area contributed by atoms with Crippen molar-refractivity contribution < 1.29 is 5.11 Å². The van der Waals surface area contributed by atoms with E-state index in [-0.39, 0.29) is 17.4 Å². The summed E-state index contributed by atoms with van der Waals surface area (Å²) in [5.41, 5.74) is 8.83. The SMILES string of the molecule is CC(C)(C)c1ccc(-c2cc(/C=C/CO)cc(-c3ccc(C(C)(C)C)cc3)c2)cc1. The average Bonchev–Trinajstić information content (AvgIpc) is 2.71. The zero-order chi connectivity index (χ0) is 21.9. The van der Waals surface area contributed by atoms with E-state index in [1.807, 2.05) is 6.08 Å². The molecule has 0 aliphatic heterocycles. The number of hydrogen-bond donors (Lipinski definition) is 1. The van der Waals surface area contributed by atoms with Crippen LogP contribution in [0, 0.1) is 0 Å². The minimum absolute atomic E-state index is 0.0418. The van der Waals surface area contributed by atoms with Crippen LogP contribution in [0.1, 0.15) is 58.2 Å². The first kappa shape index (κ1) is 22.1. The summed E-state index contributed by atoms with van der Waals surface area (Å²) in [7, 11) is 0. The molecule has 0 aliphatic carbocycles. The van der Waals surface area contributed by atoms with Crippen molar-refractivity contribution in [3.63, 3.8) is 0 Å². The maximum atomic E-state index is 9.23. The van der Waals surface area contributed by atoms with Gasteiger partial charge in [-0.3, -0.25) is 0 Å². The third-order valence-corrected chi connectivity index (χ3v) is 5.54. The molecule has 0 aromatic heterocycles. The van der Waals surface area contributed by atoms with Gasteiger partial charge in [-0.1, -0.05) is 102 Å². The first-order valence-electron chi connectivity index (χ1n) is 10.7. The van der Waals surface area contributed by atoms with E-state index < -0.39 is 0 Å². The summed E-state index contributed by atoms with van der Waals surface area (Å²) in [5.74, 6) is 0. The van der Waals surface area contributed by atoms with Crippen LogP contribution in [0.15, 0.2) is 72.8 Å². The lowest BCUT2D eigenvalue weighted by Gasteiger charge is -2.20. The van der Waals surface area contributed by atoms with Gasteiger partial charge in [-0.15, -0.1) is 0 Å². The summed E-state index contributed by atoms with van der Waals surface area (Å²) in [6.07, 6.45) is 3.77. The molecule has 3 aromatic carbocycles. The molecule has 0 unspecified atom stereocenters. The molecule has 0 radical (unpaired) electrons. The van der Waals surface area contributed by atoms with E-state index in [9.17, 15) is 5.11 Å². The number of benzene rings is 3. The largest absolute Gasteiger partial charge is 0.392 e. The second-order valence-electron chi connectivity index (χ2n) is 10.1. The van der Waals surface area contributed by atoms with Crippen LogP contribution in [0.25, 0.3) is 28.3 Å². The Morgan fingerprint density at radius 2 is 1.00 bits per heavy atom. The van der Waals surface area contributed by atoms with Crippen molar-refractivity contribution in [2.45, 2.75) is 52.4 Å². The summed E-state index contributed by atoms with van der Waals surface area (Å²) in [5, 5.41) is 9.23. The van der Waals surface area contributed by atoms with E-state index in [1.165, 1.54) is 33.4 Å². The first-order chi connectivity index (χ1) is 14.1. The Morgan fingerprint density at radius 1 is 0.600 bits per heavy atom. The van der Waals surface area contributed by atoms with E-state index in [0.717, 1.165) is 5.56 Å². The molecule has 30 heavy (non-hydrogen) atoms. The van der Waals surface area contributed by atoms with Crippen LogP contribution >= 0.6 is 0 Å². The lowest BCUT2D eigenvalue weighted by molar-refractivity contribution is 0.343. The Hall–Kier alpha value is -2.64. The van der Waals surface area contributed by atoms with Gasteiger partial charge in [0.1, 0.15) is 0 Å².